The number of carbonyl (C=O) groups is 1. The highest BCUT2D eigenvalue weighted by molar-refractivity contribution is 14.1. The summed E-state index contributed by atoms with van der Waals surface area (Å²) in [6.45, 7) is 3.18. The predicted octanol–water partition coefficient (Wildman–Crippen LogP) is 3.48. The Morgan fingerprint density at radius 3 is 2.86 bits per heavy atom. The van der Waals surface area contributed by atoms with Crippen molar-refractivity contribution in [3.63, 3.8) is 0 Å². The molecule has 0 fully saturated rings. The van der Waals surface area contributed by atoms with Gasteiger partial charge in [-0.25, -0.2) is 9.78 Å². The van der Waals surface area contributed by atoms with Gasteiger partial charge < -0.3 is 19.8 Å². The van der Waals surface area contributed by atoms with E-state index in [0.717, 1.165) is 28.5 Å². The lowest BCUT2D eigenvalue weighted by Gasteiger charge is -2.13. The molecule has 0 amide bonds. The molecule has 152 valence electrons. The third-order valence-corrected chi connectivity index (χ3v) is 5.49. The Balaban J connectivity index is 1.57. The van der Waals surface area contributed by atoms with Crippen molar-refractivity contribution in [3.05, 3.63) is 51.4 Å². The Hall–Kier alpha value is -2.69. The molecule has 0 bridgehead atoms. The maximum absolute atomic E-state index is 12.0. The van der Waals surface area contributed by atoms with E-state index < -0.39 is 5.97 Å². The van der Waals surface area contributed by atoms with Gasteiger partial charge in [0.2, 0.25) is 0 Å². The van der Waals surface area contributed by atoms with Crippen LogP contribution in [0.1, 0.15) is 28.8 Å². The molecule has 29 heavy (non-hydrogen) atoms. The summed E-state index contributed by atoms with van der Waals surface area (Å²) in [5, 5.41) is 8.13. The number of hydrogen-bond acceptors (Lipinski definition) is 7. The van der Waals surface area contributed by atoms with Gasteiger partial charge in [-0.05, 0) is 72.2 Å². The number of nitrogens with zero attached hydrogens (tertiary/aromatic N) is 4. The van der Waals surface area contributed by atoms with Gasteiger partial charge in [0, 0.05) is 10.1 Å². The number of halogens is 1. The van der Waals surface area contributed by atoms with E-state index in [2.05, 4.69) is 37.8 Å². The molecule has 9 heteroatoms. The first kappa shape index (κ1) is 21.0. The largest absolute Gasteiger partial charge is 0.493 e. The molecule has 1 aromatic carbocycles. The number of benzene rings is 1. The first-order chi connectivity index (χ1) is 14.0. The summed E-state index contributed by atoms with van der Waals surface area (Å²) < 4.78 is 13.7. The number of pyridine rings is 1. The second kappa shape index (κ2) is 9.68. The second-order valence-corrected chi connectivity index (χ2v) is 7.60. The number of rotatable bonds is 8. The zero-order valence-corrected chi connectivity index (χ0v) is 18.4. The van der Waals surface area contributed by atoms with Crippen molar-refractivity contribution in [3.8, 4) is 17.3 Å². The van der Waals surface area contributed by atoms with Gasteiger partial charge in [0.15, 0.2) is 5.82 Å². The fourth-order valence-corrected chi connectivity index (χ4v) is 3.27. The molecule has 2 N–H and O–H groups in total. The van der Waals surface area contributed by atoms with Crippen molar-refractivity contribution in [2.24, 2.45) is 0 Å². The smallest absolute Gasteiger partial charge is 0.341 e. The number of anilines is 1. The zero-order valence-electron chi connectivity index (χ0n) is 16.3. The number of nitrogens with two attached hydrogens (primary N) is 1. The van der Waals surface area contributed by atoms with Crippen LogP contribution in [-0.2, 0) is 11.3 Å². The van der Waals surface area contributed by atoms with E-state index in [1.807, 2.05) is 29.7 Å². The van der Waals surface area contributed by atoms with Gasteiger partial charge in [-0.2, -0.15) is 0 Å². The van der Waals surface area contributed by atoms with Crippen molar-refractivity contribution in [1.29, 1.82) is 0 Å². The Morgan fingerprint density at radius 1 is 1.28 bits per heavy atom. The molecule has 0 saturated heterocycles. The molecule has 0 aliphatic rings. The molecule has 0 unspecified atom stereocenters. The maximum Gasteiger partial charge on any atom is 0.341 e. The number of esters is 1. The Bertz CT molecular complexity index is 1010. The summed E-state index contributed by atoms with van der Waals surface area (Å²) in [6, 6.07) is 9.09. The van der Waals surface area contributed by atoms with Gasteiger partial charge >= 0.3 is 5.97 Å². The number of carbonyl (C=O) groups excluding carboxylic acids is 1. The molecule has 2 aromatic heterocycles. The molecule has 0 saturated carbocycles. The van der Waals surface area contributed by atoms with Crippen molar-refractivity contribution in [1.82, 2.24) is 19.7 Å². The van der Waals surface area contributed by atoms with E-state index >= 15 is 0 Å². The average Bonchev–Trinajstić information content (AvgIpc) is 3.18. The van der Waals surface area contributed by atoms with Crippen molar-refractivity contribution < 1.29 is 14.3 Å². The summed E-state index contributed by atoms with van der Waals surface area (Å²) >= 11 is 2.19. The van der Waals surface area contributed by atoms with E-state index in [1.165, 1.54) is 7.11 Å². The quantitative estimate of drug-likeness (QED) is 0.283. The summed E-state index contributed by atoms with van der Waals surface area (Å²) in [7, 11) is 1.37. The molecule has 2 heterocycles. The lowest BCUT2D eigenvalue weighted by molar-refractivity contribution is 0.0596. The highest BCUT2D eigenvalue weighted by atomic mass is 127. The van der Waals surface area contributed by atoms with Crippen molar-refractivity contribution in [2.45, 2.75) is 26.3 Å². The fraction of sp³-hybridized carbons (Fsp3) is 0.300. The topological polar surface area (TPSA) is 105 Å². The lowest BCUT2D eigenvalue weighted by Crippen LogP contribution is -2.09. The second-order valence-electron chi connectivity index (χ2n) is 6.44. The van der Waals surface area contributed by atoms with Crippen LogP contribution in [0.3, 0.4) is 0 Å². The van der Waals surface area contributed by atoms with Crippen LogP contribution >= 0.6 is 22.6 Å². The first-order valence-electron chi connectivity index (χ1n) is 9.11. The average molecular weight is 507 g/mol. The van der Waals surface area contributed by atoms with Crippen LogP contribution in [0.4, 0.5) is 5.82 Å². The number of aryl methyl sites for hydroxylation is 2. The van der Waals surface area contributed by atoms with Crippen LogP contribution in [0.2, 0.25) is 0 Å². The SMILES string of the molecule is COC(=O)c1cc(I)c(C)cc1OCCCCn1cnnc1-c1cccc(N)n1. The van der Waals surface area contributed by atoms with Crippen molar-refractivity contribution >= 4 is 34.4 Å². The van der Waals surface area contributed by atoms with Crippen LogP contribution in [0.25, 0.3) is 11.5 Å². The van der Waals surface area contributed by atoms with Gasteiger partial charge in [-0.15, -0.1) is 10.2 Å². The highest BCUT2D eigenvalue weighted by Gasteiger charge is 2.15. The van der Waals surface area contributed by atoms with Crippen LogP contribution in [0.15, 0.2) is 36.7 Å². The lowest BCUT2D eigenvalue weighted by atomic mass is 10.1. The molecular formula is C20H22IN5O3. The molecule has 0 atom stereocenters. The van der Waals surface area contributed by atoms with Gasteiger partial charge in [0.25, 0.3) is 0 Å². The zero-order chi connectivity index (χ0) is 20.8. The third kappa shape index (κ3) is 5.22. The Labute approximate surface area is 182 Å². The van der Waals surface area contributed by atoms with Crippen molar-refractivity contribution in [2.75, 3.05) is 19.5 Å². The molecule has 8 nitrogen and oxygen atoms in total. The van der Waals surface area contributed by atoms with E-state index in [1.54, 1.807) is 18.5 Å². The summed E-state index contributed by atoms with van der Waals surface area (Å²) in [6.07, 6.45) is 3.33. The first-order valence-corrected chi connectivity index (χ1v) is 10.2. The number of aromatic nitrogens is 4. The minimum Gasteiger partial charge on any atom is -0.493 e. The van der Waals surface area contributed by atoms with Gasteiger partial charge in [-0.3, -0.25) is 0 Å². The van der Waals surface area contributed by atoms with E-state index in [0.29, 0.717) is 35.3 Å². The van der Waals surface area contributed by atoms with Crippen LogP contribution in [0.5, 0.6) is 5.75 Å². The van der Waals surface area contributed by atoms with E-state index in [-0.39, 0.29) is 0 Å². The number of methoxy groups -OCH3 is 1. The molecule has 0 aliphatic carbocycles. The molecule has 3 rings (SSSR count). The molecule has 0 radical (unpaired) electrons. The molecular weight excluding hydrogens is 485 g/mol. The summed E-state index contributed by atoms with van der Waals surface area (Å²) in [5.41, 5.74) is 7.94. The standard InChI is InChI=1S/C20H22IN5O3/c1-13-10-17(14(11-15(13)21)20(27)28-2)29-9-4-3-8-26-12-23-25-19(26)16-6-5-7-18(22)24-16/h5-7,10-12H,3-4,8-9H2,1-2H3,(H2,22,24). The third-order valence-electron chi connectivity index (χ3n) is 4.33. The predicted molar refractivity (Wildman–Crippen MR) is 118 cm³/mol. The van der Waals surface area contributed by atoms with Gasteiger partial charge in [-0.1, -0.05) is 6.07 Å². The van der Waals surface area contributed by atoms with Gasteiger partial charge in [0.1, 0.15) is 29.2 Å². The summed E-state index contributed by atoms with van der Waals surface area (Å²) in [4.78, 5) is 16.3. The van der Waals surface area contributed by atoms with Crippen LogP contribution < -0.4 is 10.5 Å². The Morgan fingerprint density at radius 2 is 2.10 bits per heavy atom. The summed E-state index contributed by atoms with van der Waals surface area (Å²) in [5.74, 6) is 1.27. The maximum atomic E-state index is 12.0. The van der Waals surface area contributed by atoms with E-state index in [4.69, 9.17) is 15.2 Å². The molecule has 0 aliphatic heterocycles. The minimum atomic E-state index is -0.401. The number of nitrogen functional groups attached to an aromatic ring is 1. The van der Waals surface area contributed by atoms with Crippen LogP contribution in [0, 0.1) is 10.5 Å². The highest BCUT2D eigenvalue weighted by Crippen LogP contribution is 2.26. The monoisotopic (exact) mass is 507 g/mol. The minimum absolute atomic E-state index is 0.401. The van der Waals surface area contributed by atoms with E-state index in [9.17, 15) is 4.79 Å². The molecule has 0 spiro atoms. The number of ether oxygens (including phenoxy) is 2. The number of unbranched alkanes of at least 4 members (excludes halogenated alkanes) is 1. The number of hydrogen-bond donors (Lipinski definition) is 1. The fourth-order valence-electron chi connectivity index (χ4n) is 2.80. The molecule has 3 aromatic rings. The Kier molecular flexibility index (Phi) is 7.02. The van der Waals surface area contributed by atoms with Gasteiger partial charge in [0.05, 0.1) is 13.7 Å². The normalized spacial score (nSPS) is 10.7. The van der Waals surface area contributed by atoms with Crippen LogP contribution in [-0.4, -0.2) is 39.4 Å².